The Bertz CT molecular complexity index is 673. The van der Waals surface area contributed by atoms with E-state index in [9.17, 15) is 0 Å². The predicted octanol–water partition coefficient (Wildman–Crippen LogP) is 5.12. The van der Waals surface area contributed by atoms with E-state index in [0.717, 1.165) is 17.5 Å². The molecule has 2 aromatic rings. The van der Waals surface area contributed by atoms with E-state index in [2.05, 4.69) is 38.2 Å². The van der Waals surface area contributed by atoms with Gasteiger partial charge in [0.1, 0.15) is 6.61 Å². The lowest BCUT2D eigenvalue weighted by molar-refractivity contribution is 0.284. The van der Waals surface area contributed by atoms with E-state index < -0.39 is 0 Å². The van der Waals surface area contributed by atoms with Crippen LogP contribution in [-0.2, 0) is 13.2 Å². The van der Waals surface area contributed by atoms with Crippen LogP contribution in [0.5, 0.6) is 11.5 Å². The summed E-state index contributed by atoms with van der Waals surface area (Å²) in [7, 11) is 1.65. The molecule has 0 radical (unpaired) electrons. The van der Waals surface area contributed by atoms with Crippen molar-refractivity contribution in [3.05, 3.63) is 58.1 Å². The molecule has 0 saturated heterocycles. The fraction of sp³-hybridized carbons (Fsp3) is 0.400. The number of benzene rings is 2. The topological polar surface area (TPSA) is 30.5 Å². The summed E-state index contributed by atoms with van der Waals surface area (Å²) < 4.78 is 11.4. The normalized spacial score (nSPS) is 12.0. The molecular formula is C20H26ClNO2. The molecule has 3 nitrogen and oxygen atoms in total. The summed E-state index contributed by atoms with van der Waals surface area (Å²) in [6.45, 7) is 7.58. The van der Waals surface area contributed by atoms with Crippen molar-refractivity contribution in [1.82, 2.24) is 5.32 Å². The number of hydrogen-bond donors (Lipinski definition) is 1. The van der Waals surface area contributed by atoms with Crippen LogP contribution in [0.2, 0.25) is 5.02 Å². The van der Waals surface area contributed by atoms with Gasteiger partial charge in [0, 0.05) is 23.7 Å². The van der Waals surface area contributed by atoms with Gasteiger partial charge in [0.05, 0.1) is 7.11 Å². The van der Waals surface area contributed by atoms with Crippen LogP contribution >= 0.6 is 11.6 Å². The first-order valence-corrected chi connectivity index (χ1v) is 8.69. The van der Waals surface area contributed by atoms with Crippen molar-refractivity contribution in [3.8, 4) is 11.5 Å². The molecule has 4 heteroatoms. The number of aryl methyl sites for hydroxylation is 1. The van der Waals surface area contributed by atoms with Crippen molar-refractivity contribution >= 4 is 11.6 Å². The molecule has 1 N–H and O–H groups in total. The molecule has 1 atom stereocenters. The van der Waals surface area contributed by atoms with Crippen LogP contribution in [0.3, 0.4) is 0 Å². The molecule has 24 heavy (non-hydrogen) atoms. The van der Waals surface area contributed by atoms with Crippen LogP contribution < -0.4 is 14.8 Å². The quantitative estimate of drug-likeness (QED) is 0.718. The van der Waals surface area contributed by atoms with Gasteiger partial charge in [-0.1, -0.05) is 48.4 Å². The summed E-state index contributed by atoms with van der Waals surface area (Å²) in [6.07, 6.45) is 1.08. The Labute approximate surface area is 149 Å². The Morgan fingerprint density at radius 2 is 1.96 bits per heavy atom. The second-order valence-corrected chi connectivity index (χ2v) is 6.47. The van der Waals surface area contributed by atoms with Gasteiger partial charge in [-0.05, 0) is 37.5 Å². The molecule has 2 rings (SSSR count). The summed E-state index contributed by atoms with van der Waals surface area (Å²) in [6, 6.07) is 12.5. The number of rotatable bonds is 8. The minimum Gasteiger partial charge on any atom is -0.493 e. The van der Waals surface area contributed by atoms with Gasteiger partial charge in [-0.25, -0.2) is 0 Å². The Hall–Kier alpha value is -1.71. The Morgan fingerprint density at radius 3 is 2.62 bits per heavy atom. The zero-order valence-electron chi connectivity index (χ0n) is 14.9. The fourth-order valence-corrected chi connectivity index (χ4v) is 2.60. The van der Waals surface area contributed by atoms with Crippen LogP contribution in [0.4, 0.5) is 0 Å². The monoisotopic (exact) mass is 347 g/mol. The van der Waals surface area contributed by atoms with Crippen molar-refractivity contribution in [2.75, 3.05) is 7.11 Å². The maximum absolute atomic E-state index is 6.42. The van der Waals surface area contributed by atoms with Gasteiger partial charge in [0.15, 0.2) is 11.5 Å². The van der Waals surface area contributed by atoms with E-state index in [1.807, 2.05) is 24.3 Å². The van der Waals surface area contributed by atoms with E-state index in [-0.39, 0.29) is 0 Å². The number of nitrogens with one attached hydrogen (secondary N) is 1. The minimum absolute atomic E-state index is 0.448. The van der Waals surface area contributed by atoms with Gasteiger partial charge in [-0.3, -0.25) is 0 Å². The van der Waals surface area contributed by atoms with E-state index >= 15 is 0 Å². The second kappa shape index (κ2) is 8.95. The van der Waals surface area contributed by atoms with E-state index in [1.165, 1.54) is 5.56 Å². The Morgan fingerprint density at radius 1 is 1.17 bits per heavy atom. The lowest BCUT2D eigenvalue weighted by Gasteiger charge is -2.16. The first kappa shape index (κ1) is 18.6. The zero-order chi connectivity index (χ0) is 17.5. The van der Waals surface area contributed by atoms with Crippen molar-refractivity contribution in [1.29, 1.82) is 0 Å². The summed E-state index contributed by atoms with van der Waals surface area (Å²) in [4.78, 5) is 0. The molecule has 0 aliphatic carbocycles. The van der Waals surface area contributed by atoms with Crippen molar-refractivity contribution in [3.63, 3.8) is 0 Å². The maximum Gasteiger partial charge on any atom is 0.163 e. The van der Waals surface area contributed by atoms with Crippen LogP contribution in [0.1, 0.15) is 37.0 Å². The molecule has 0 amide bonds. The molecule has 130 valence electrons. The lowest BCUT2D eigenvalue weighted by Crippen LogP contribution is -2.24. The molecule has 0 heterocycles. The van der Waals surface area contributed by atoms with Crippen LogP contribution in [0.25, 0.3) is 0 Å². The molecule has 0 bridgehead atoms. The van der Waals surface area contributed by atoms with E-state index in [4.69, 9.17) is 21.1 Å². The molecule has 0 fully saturated rings. The molecular weight excluding hydrogens is 322 g/mol. The highest BCUT2D eigenvalue weighted by atomic mass is 35.5. The Balaban J connectivity index is 2.11. The van der Waals surface area contributed by atoms with Crippen molar-refractivity contribution in [2.45, 2.75) is 46.4 Å². The first-order valence-electron chi connectivity index (χ1n) is 8.31. The minimum atomic E-state index is 0.448. The van der Waals surface area contributed by atoms with Gasteiger partial charge in [-0.2, -0.15) is 0 Å². The van der Waals surface area contributed by atoms with Gasteiger partial charge in [-0.15, -0.1) is 0 Å². The zero-order valence-corrected chi connectivity index (χ0v) is 15.6. The van der Waals surface area contributed by atoms with E-state index in [0.29, 0.717) is 35.7 Å². The van der Waals surface area contributed by atoms with Crippen LogP contribution in [-0.4, -0.2) is 13.2 Å². The van der Waals surface area contributed by atoms with Gasteiger partial charge in [0.25, 0.3) is 0 Å². The van der Waals surface area contributed by atoms with Crippen LogP contribution in [0.15, 0.2) is 36.4 Å². The largest absolute Gasteiger partial charge is 0.493 e. The van der Waals surface area contributed by atoms with Gasteiger partial charge < -0.3 is 14.8 Å². The molecule has 0 aliphatic rings. The average Bonchev–Trinajstić information content (AvgIpc) is 2.58. The maximum atomic E-state index is 6.42. The summed E-state index contributed by atoms with van der Waals surface area (Å²) in [5.74, 6) is 1.37. The van der Waals surface area contributed by atoms with Crippen molar-refractivity contribution in [2.24, 2.45) is 0 Å². The van der Waals surface area contributed by atoms with Gasteiger partial charge in [0.2, 0.25) is 0 Å². The highest BCUT2D eigenvalue weighted by molar-refractivity contribution is 6.31. The highest BCUT2D eigenvalue weighted by Gasteiger charge is 2.11. The summed E-state index contributed by atoms with van der Waals surface area (Å²) in [5, 5.41) is 4.13. The number of halogens is 1. The molecule has 0 spiro atoms. The number of hydrogen-bond acceptors (Lipinski definition) is 3. The third-order valence-electron chi connectivity index (χ3n) is 4.06. The van der Waals surface area contributed by atoms with Crippen molar-refractivity contribution < 1.29 is 9.47 Å². The molecule has 0 aromatic heterocycles. The summed E-state index contributed by atoms with van der Waals surface area (Å²) >= 11 is 6.42. The standard InChI is InChI=1S/C20H26ClNO2/c1-5-15(3)22-12-17-10-19(23-4)20(11-18(17)21)24-13-16-8-6-7-14(2)9-16/h6-11,15,22H,5,12-13H2,1-4H3. The third kappa shape index (κ3) is 5.15. The number of methoxy groups -OCH3 is 1. The first-order chi connectivity index (χ1) is 11.5. The highest BCUT2D eigenvalue weighted by Crippen LogP contribution is 2.34. The third-order valence-corrected chi connectivity index (χ3v) is 4.41. The predicted molar refractivity (Wildman–Crippen MR) is 100 cm³/mol. The molecule has 0 saturated carbocycles. The van der Waals surface area contributed by atoms with Crippen LogP contribution in [0, 0.1) is 6.92 Å². The molecule has 1 unspecified atom stereocenters. The summed E-state index contributed by atoms with van der Waals surface area (Å²) in [5.41, 5.74) is 3.35. The molecule has 0 aliphatic heterocycles. The average molecular weight is 348 g/mol. The second-order valence-electron chi connectivity index (χ2n) is 6.06. The lowest BCUT2D eigenvalue weighted by atomic mass is 10.1. The SMILES string of the molecule is CCC(C)NCc1cc(OC)c(OCc2cccc(C)c2)cc1Cl. The van der Waals surface area contributed by atoms with Gasteiger partial charge >= 0.3 is 0 Å². The molecule has 2 aromatic carbocycles. The number of ether oxygens (including phenoxy) is 2. The Kier molecular flexibility index (Phi) is 6.95. The fourth-order valence-electron chi connectivity index (χ4n) is 2.38. The van der Waals surface area contributed by atoms with E-state index in [1.54, 1.807) is 7.11 Å². The smallest absolute Gasteiger partial charge is 0.163 e.